The van der Waals surface area contributed by atoms with E-state index in [9.17, 15) is 9.59 Å². The predicted molar refractivity (Wildman–Crippen MR) is 58.6 cm³/mol. The van der Waals surface area contributed by atoms with E-state index in [1.165, 1.54) is 4.90 Å². The van der Waals surface area contributed by atoms with E-state index < -0.39 is 16.9 Å². The lowest BCUT2D eigenvalue weighted by Gasteiger charge is -2.38. The molecule has 0 aliphatic rings. The standard InChI is InChI=1S/C11H21NO3/c1-10(2,3)9(15)12(6)11(4,5)7-8(13)14/h7H2,1-6H3,(H,13,14). The van der Waals surface area contributed by atoms with Crippen molar-refractivity contribution in [2.24, 2.45) is 5.41 Å². The molecule has 0 aliphatic carbocycles. The first kappa shape index (κ1) is 13.9. The fourth-order valence-corrected chi connectivity index (χ4v) is 1.27. The summed E-state index contributed by atoms with van der Waals surface area (Å²) in [5.41, 5.74) is -1.14. The van der Waals surface area contributed by atoms with Crippen molar-refractivity contribution < 1.29 is 14.7 Å². The SMILES string of the molecule is CN(C(=O)C(C)(C)C)C(C)(C)CC(=O)O. The molecule has 0 heterocycles. The fourth-order valence-electron chi connectivity index (χ4n) is 1.27. The number of nitrogens with zero attached hydrogens (tertiary/aromatic N) is 1. The minimum Gasteiger partial charge on any atom is -0.481 e. The predicted octanol–water partition coefficient (Wildman–Crippen LogP) is 1.74. The molecule has 0 rings (SSSR count). The number of aliphatic carboxylic acids is 1. The highest BCUT2D eigenvalue weighted by Crippen LogP contribution is 2.24. The molecule has 15 heavy (non-hydrogen) atoms. The smallest absolute Gasteiger partial charge is 0.305 e. The van der Waals surface area contributed by atoms with Crippen LogP contribution >= 0.6 is 0 Å². The Kier molecular flexibility index (Phi) is 3.91. The summed E-state index contributed by atoms with van der Waals surface area (Å²) in [6.07, 6.45) is -0.0503. The summed E-state index contributed by atoms with van der Waals surface area (Å²) in [5.74, 6) is -0.942. The van der Waals surface area contributed by atoms with E-state index in [4.69, 9.17) is 5.11 Å². The Balaban J connectivity index is 4.77. The maximum Gasteiger partial charge on any atom is 0.305 e. The van der Waals surface area contributed by atoms with Gasteiger partial charge in [0.15, 0.2) is 0 Å². The Morgan fingerprint density at radius 1 is 1.13 bits per heavy atom. The molecular weight excluding hydrogens is 194 g/mol. The zero-order chi connectivity index (χ0) is 12.4. The van der Waals surface area contributed by atoms with Crippen molar-refractivity contribution in [2.75, 3.05) is 7.05 Å². The molecule has 0 spiro atoms. The molecule has 0 aromatic rings. The molecule has 0 saturated carbocycles. The van der Waals surface area contributed by atoms with Gasteiger partial charge in [0, 0.05) is 18.0 Å². The van der Waals surface area contributed by atoms with Gasteiger partial charge in [-0.2, -0.15) is 0 Å². The third kappa shape index (κ3) is 3.90. The van der Waals surface area contributed by atoms with Gasteiger partial charge in [0.05, 0.1) is 6.42 Å². The van der Waals surface area contributed by atoms with Crippen LogP contribution in [-0.2, 0) is 9.59 Å². The van der Waals surface area contributed by atoms with Crippen molar-refractivity contribution in [3.8, 4) is 0 Å². The van der Waals surface area contributed by atoms with Gasteiger partial charge in [-0.3, -0.25) is 9.59 Å². The van der Waals surface area contributed by atoms with Gasteiger partial charge in [-0.1, -0.05) is 20.8 Å². The van der Waals surface area contributed by atoms with Crippen molar-refractivity contribution in [2.45, 2.75) is 46.6 Å². The Bertz CT molecular complexity index is 263. The van der Waals surface area contributed by atoms with Gasteiger partial charge in [-0.05, 0) is 13.8 Å². The van der Waals surface area contributed by atoms with Crippen molar-refractivity contribution in [3.05, 3.63) is 0 Å². The first-order chi connectivity index (χ1) is 6.48. The van der Waals surface area contributed by atoms with Crippen molar-refractivity contribution >= 4 is 11.9 Å². The quantitative estimate of drug-likeness (QED) is 0.780. The molecule has 0 aliphatic heterocycles. The number of carbonyl (C=O) groups excluding carboxylic acids is 1. The lowest BCUT2D eigenvalue weighted by Crippen LogP contribution is -2.50. The van der Waals surface area contributed by atoms with E-state index in [2.05, 4.69) is 0 Å². The Labute approximate surface area is 91.3 Å². The molecule has 88 valence electrons. The highest BCUT2D eigenvalue weighted by atomic mass is 16.4. The summed E-state index contributed by atoms with van der Waals surface area (Å²) in [7, 11) is 1.65. The van der Waals surface area contributed by atoms with E-state index in [0.29, 0.717) is 0 Å². The van der Waals surface area contributed by atoms with Gasteiger partial charge in [0.25, 0.3) is 0 Å². The van der Waals surface area contributed by atoms with E-state index in [0.717, 1.165) is 0 Å². The zero-order valence-electron chi connectivity index (χ0n) is 10.4. The second-order valence-corrected chi connectivity index (χ2v) is 5.50. The van der Waals surface area contributed by atoms with Crippen LogP contribution in [0.4, 0.5) is 0 Å². The first-order valence-electron chi connectivity index (χ1n) is 4.98. The maximum absolute atomic E-state index is 11.9. The molecule has 1 amide bonds. The Morgan fingerprint density at radius 3 is 1.80 bits per heavy atom. The Hall–Kier alpha value is -1.06. The van der Waals surface area contributed by atoms with Crippen LogP contribution in [-0.4, -0.2) is 34.5 Å². The minimum atomic E-state index is -0.895. The van der Waals surface area contributed by atoms with E-state index in [1.807, 2.05) is 20.8 Å². The van der Waals surface area contributed by atoms with Crippen LogP contribution in [0, 0.1) is 5.41 Å². The number of rotatable bonds is 3. The number of carbonyl (C=O) groups is 2. The van der Waals surface area contributed by atoms with E-state index >= 15 is 0 Å². The number of hydrogen-bond donors (Lipinski definition) is 1. The van der Waals surface area contributed by atoms with E-state index in [-0.39, 0.29) is 12.3 Å². The number of carboxylic acid groups (broad SMARTS) is 1. The van der Waals surface area contributed by atoms with Crippen LogP contribution < -0.4 is 0 Å². The summed E-state index contributed by atoms with van der Waals surface area (Å²) in [6, 6.07) is 0. The van der Waals surface area contributed by atoms with Crippen LogP contribution in [0.5, 0.6) is 0 Å². The fraction of sp³-hybridized carbons (Fsp3) is 0.818. The third-order valence-corrected chi connectivity index (χ3v) is 2.44. The lowest BCUT2D eigenvalue weighted by atomic mass is 9.90. The first-order valence-corrected chi connectivity index (χ1v) is 4.98. The van der Waals surface area contributed by atoms with Gasteiger partial charge in [0.1, 0.15) is 0 Å². The second kappa shape index (κ2) is 4.21. The molecule has 0 radical (unpaired) electrons. The monoisotopic (exact) mass is 215 g/mol. The lowest BCUT2D eigenvalue weighted by molar-refractivity contribution is -0.147. The normalized spacial score (nSPS) is 12.4. The molecule has 4 nitrogen and oxygen atoms in total. The Morgan fingerprint density at radius 2 is 1.53 bits per heavy atom. The molecule has 1 N–H and O–H groups in total. The highest BCUT2D eigenvalue weighted by Gasteiger charge is 2.35. The van der Waals surface area contributed by atoms with Gasteiger partial charge >= 0.3 is 5.97 Å². The van der Waals surface area contributed by atoms with Gasteiger partial charge < -0.3 is 10.0 Å². The van der Waals surface area contributed by atoms with Gasteiger partial charge in [-0.15, -0.1) is 0 Å². The van der Waals surface area contributed by atoms with Crippen molar-refractivity contribution in [1.29, 1.82) is 0 Å². The molecule has 0 bridgehead atoms. The molecule has 0 aromatic carbocycles. The zero-order valence-corrected chi connectivity index (χ0v) is 10.4. The van der Waals surface area contributed by atoms with Crippen molar-refractivity contribution in [3.63, 3.8) is 0 Å². The van der Waals surface area contributed by atoms with Crippen LogP contribution in [0.2, 0.25) is 0 Å². The molecular formula is C11H21NO3. The number of carboxylic acids is 1. The molecule has 0 unspecified atom stereocenters. The number of hydrogen-bond acceptors (Lipinski definition) is 2. The average molecular weight is 215 g/mol. The van der Waals surface area contributed by atoms with Crippen LogP contribution in [0.1, 0.15) is 41.0 Å². The van der Waals surface area contributed by atoms with Crippen LogP contribution in [0.3, 0.4) is 0 Å². The summed E-state index contributed by atoms with van der Waals surface area (Å²) in [6.45, 7) is 8.98. The second-order valence-electron chi connectivity index (χ2n) is 5.50. The summed E-state index contributed by atoms with van der Waals surface area (Å²) in [4.78, 5) is 24.1. The van der Waals surface area contributed by atoms with E-state index in [1.54, 1.807) is 20.9 Å². The summed E-state index contributed by atoms with van der Waals surface area (Å²) < 4.78 is 0. The molecule has 0 saturated heterocycles. The molecule has 0 aromatic heterocycles. The van der Waals surface area contributed by atoms with Crippen molar-refractivity contribution in [1.82, 2.24) is 4.90 Å². The van der Waals surface area contributed by atoms with Crippen LogP contribution in [0.25, 0.3) is 0 Å². The summed E-state index contributed by atoms with van der Waals surface area (Å²) >= 11 is 0. The average Bonchev–Trinajstić information content (AvgIpc) is 1.97. The molecule has 4 heteroatoms. The largest absolute Gasteiger partial charge is 0.481 e. The minimum absolute atomic E-state index is 0.0475. The van der Waals surface area contributed by atoms with Crippen LogP contribution in [0.15, 0.2) is 0 Å². The molecule has 0 atom stereocenters. The summed E-state index contributed by atoms with van der Waals surface area (Å²) in [5, 5.41) is 8.74. The number of amides is 1. The van der Waals surface area contributed by atoms with Gasteiger partial charge in [0.2, 0.25) is 5.91 Å². The highest BCUT2D eigenvalue weighted by molar-refractivity contribution is 5.82. The molecule has 0 fully saturated rings. The van der Waals surface area contributed by atoms with Gasteiger partial charge in [-0.25, -0.2) is 0 Å². The topological polar surface area (TPSA) is 57.6 Å². The maximum atomic E-state index is 11.9. The third-order valence-electron chi connectivity index (χ3n) is 2.44.